The molecule has 0 unspecified atom stereocenters. The first-order valence-electron chi connectivity index (χ1n) is 7.18. The summed E-state index contributed by atoms with van der Waals surface area (Å²) in [7, 11) is 0. The van der Waals surface area contributed by atoms with Gasteiger partial charge in [0.2, 0.25) is 0 Å². The second kappa shape index (κ2) is 5.83. The van der Waals surface area contributed by atoms with Gasteiger partial charge >= 0.3 is 0 Å². The Morgan fingerprint density at radius 1 is 1.05 bits per heavy atom. The summed E-state index contributed by atoms with van der Waals surface area (Å²) in [6.07, 6.45) is 2.68. The van der Waals surface area contributed by atoms with E-state index in [-0.39, 0.29) is 0 Å². The van der Waals surface area contributed by atoms with Crippen LogP contribution in [0.1, 0.15) is 12.5 Å². The van der Waals surface area contributed by atoms with E-state index < -0.39 is 0 Å². The monoisotopic (exact) mass is 277 g/mol. The number of aromatic nitrogens is 1. The maximum absolute atomic E-state index is 6.10. The molecule has 3 heteroatoms. The van der Waals surface area contributed by atoms with E-state index >= 15 is 0 Å². The standard InChI is InChI=1S/C18H19N3/c1-13(11-14-7-3-2-4-8-14)21-18-15-9-5-6-10-17(15)20-12-16(18)19/h2-10,12-13H,11,19H2,1H3,(H,20,21)/t13-/m1/s1. The zero-order valence-electron chi connectivity index (χ0n) is 12.1. The third kappa shape index (κ3) is 2.97. The van der Waals surface area contributed by atoms with Gasteiger partial charge in [-0.3, -0.25) is 4.98 Å². The van der Waals surface area contributed by atoms with E-state index in [4.69, 9.17) is 5.73 Å². The van der Waals surface area contributed by atoms with Crippen molar-refractivity contribution in [3.8, 4) is 0 Å². The molecule has 3 nitrogen and oxygen atoms in total. The molecule has 1 atom stereocenters. The number of para-hydroxylation sites is 1. The summed E-state index contributed by atoms with van der Waals surface area (Å²) in [6.45, 7) is 2.17. The number of benzene rings is 2. The third-order valence-corrected chi connectivity index (χ3v) is 3.58. The number of hydrogen-bond donors (Lipinski definition) is 2. The van der Waals surface area contributed by atoms with Gasteiger partial charge in [-0.15, -0.1) is 0 Å². The van der Waals surface area contributed by atoms with E-state index in [2.05, 4.69) is 47.6 Å². The van der Waals surface area contributed by atoms with E-state index in [1.165, 1.54) is 5.56 Å². The van der Waals surface area contributed by atoms with Gasteiger partial charge in [-0.1, -0.05) is 48.5 Å². The molecule has 1 aromatic heterocycles. The Hall–Kier alpha value is -2.55. The highest BCUT2D eigenvalue weighted by atomic mass is 14.9. The van der Waals surface area contributed by atoms with Gasteiger partial charge in [0.1, 0.15) is 0 Å². The summed E-state index contributed by atoms with van der Waals surface area (Å²) in [4.78, 5) is 4.37. The number of nitrogens with one attached hydrogen (secondary N) is 1. The molecular formula is C18H19N3. The van der Waals surface area contributed by atoms with Crippen molar-refractivity contribution in [3.63, 3.8) is 0 Å². The van der Waals surface area contributed by atoms with Crippen LogP contribution in [0.25, 0.3) is 10.9 Å². The fourth-order valence-electron chi connectivity index (χ4n) is 2.58. The van der Waals surface area contributed by atoms with Crippen molar-refractivity contribution in [1.82, 2.24) is 4.98 Å². The topological polar surface area (TPSA) is 50.9 Å². The van der Waals surface area contributed by atoms with Gasteiger partial charge in [0.15, 0.2) is 0 Å². The van der Waals surface area contributed by atoms with Crippen LogP contribution in [-0.2, 0) is 6.42 Å². The van der Waals surface area contributed by atoms with Gasteiger partial charge in [0, 0.05) is 11.4 Å². The smallest absolute Gasteiger partial charge is 0.0743 e. The molecule has 0 aliphatic heterocycles. The third-order valence-electron chi connectivity index (χ3n) is 3.58. The first-order valence-corrected chi connectivity index (χ1v) is 7.18. The Kier molecular flexibility index (Phi) is 3.73. The number of nitrogens with two attached hydrogens (primary N) is 1. The van der Waals surface area contributed by atoms with Crippen molar-refractivity contribution in [2.75, 3.05) is 11.1 Å². The molecule has 106 valence electrons. The van der Waals surface area contributed by atoms with Crippen molar-refractivity contribution in [2.45, 2.75) is 19.4 Å². The van der Waals surface area contributed by atoms with Crippen LogP contribution in [-0.4, -0.2) is 11.0 Å². The molecule has 3 rings (SSSR count). The zero-order chi connectivity index (χ0) is 14.7. The minimum atomic E-state index is 0.292. The average Bonchev–Trinajstić information content (AvgIpc) is 2.51. The van der Waals surface area contributed by atoms with Gasteiger partial charge in [-0.05, 0) is 25.0 Å². The zero-order valence-corrected chi connectivity index (χ0v) is 12.1. The lowest BCUT2D eigenvalue weighted by molar-refractivity contribution is 0.792. The highest BCUT2D eigenvalue weighted by Crippen LogP contribution is 2.28. The normalized spacial score (nSPS) is 12.2. The molecule has 3 aromatic rings. The second-order valence-corrected chi connectivity index (χ2v) is 5.34. The SMILES string of the molecule is C[C@H](Cc1ccccc1)Nc1c(N)cnc2ccccc12. The van der Waals surface area contributed by atoms with Gasteiger partial charge in [0.05, 0.1) is 23.1 Å². The van der Waals surface area contributed by atoms with Crippen LogP contribution >= 0.6 is 0 Å². The second-order valence-electron chi connectivity index (χ2n) is 5.34. The van der Waals surface area contributed by atoms with Crippen molar-refractivity contribution in [3.05, 3.63) is 66.4 Å². The van der Waals surface area contributed by atoms with Crippen LogP contribution < -0.4 is 11.1 Å². The maximum atomic E-state index is 6.10. The largest absolute Gasteiger partial charge is 0.396 e. The number of rotatable bonds is 4. The van der Waals surface area contributed by atoms with Gasteiger partial charge < -0.3 is 11.1 Å². The molecule has 0 aliphatic carbocycles. The molecule has 2 aromatic carbocycles. The molecule has 0 amide bonds. The lowest BCUT2D eigenvalue weighted by Crippen LogP contribution is -2.19. The van der Waals surface area contributed by atoms with E-state index in [1.807, 2.05) is 24.3 Å². The minimum absolute atomic E-state index is 0.292. The number of nitrogens with zero attached hydrogens (tertiary/aromatic N) is 1. The molecule has 0 bridgehead atoms. The predicted octanol–water partition coefficient (Wildman–Crippen LogP) is 3.86. The van der Waals surface area contributed by atoms with Crippen LogP contribution in [0.5, 0.6) is 0 Å². The predicted molar refractivity (Wildman–Crippen MR) is 89.4 cm³/mol. The summed E-state index contributed by atoms with van der Waals surface area (Å²) in [5.41, 5.74) is 10.0. The van der Waals surface area contributed by atoms with Gasteiger partial charge in [0.25, 0.3) is 0 Å². The van der Waals surface area contributed by atoms with E-state index in [0.29, 0.717) is 11.7 Å². The summed E-state index contributed by atoms with van der Waals surface area (Å²) in [5.74, 6) is 0. The summed E-state index contributed by atoms with van der Waals surface area (Å²) < 4.78 is 0. The van der Waals surface area contributed by atoms with Crippen LogP contribution in [0.2, 0.25) is 0 Å². The van der Waals surface area contributed by atoms with Gasteiger partial charge in [-0.25, -0.2) is 0 Å². The Morgan fingerprint density at radius 2 is 1.76 bits per heavy atom. The first-order chi connectivity index (χ1) is 10.2. The molecule has 0 aliphatic rings. The Balaban J connectivity index is 1.86. The number of pyridine rings is 1. The summed E-state index contributed by atoms with van der Waals surface area (Å²) >= 11 is 0. The fraction of sp³-hybridized carbons (Fsp3) is 0.167. The van der Waals surface area contributed by atoms with Crippen molar-refractivity contribution < 1.29 is 0 Å². The van der Waals surface area contributed by atoms with Crippen LogP contribution in [0.15, 0.2) is 60.8 Å². The molecular weight excluding hydrogens is 258 g/mol. The molecule has 3 N–H and O–H groups in total. The van der Waals surface area contributed by atoms with Crippen LogP contribution in [0.4, 0.5) is 11.4 Å². The number of anilines is 2. The van der Waals surface area contributed by atoms with Crippen molar-refractivity contribution in [1.29, 1.82) is 0 Å². The van der Waals surface area contributed by atoms with Crippen LogP contribution in [0, 0.1) is 0 Å². The van der Waals surface area contributed by atoms with E-state index in [0.717, 1.165) is 23.0 Å². The molecule has 0 spiro atoms. The number of fused-ring (bicyclic) bond motifs is 1. The first kappa shape index (κ1) is 13.4. The Morgan fingerprint density at radius 3 is 2.57 bits per heavy atom. The Bertz CT molecular complexity index is 738. The fourth-order valence-corrected chi connectivity index (χ4v) is 2.58. The molecule has 0 fully saturated rings. The molecule has 1 heterocycles. The average molecular weight is 277 g/mol. The summed E-state index contributed by atoms with van der Waals surface area (Å²) in [5, 5.41) is 4.60. The quantitative estimate of drug-likeness (QED) is 0.761. The lowest BCUT2D eigenvalue weighted by Gasteiger charge is -2.18. The lowest BCUT2D eigenvalue weighted by atomic mass is 10.1. The Labute approximate surface area is 124 Å². The summed E-state index contributed by atoms with van der Waals surface area (Å²) in [6, 6.07) is 18.8. The van der Waals surface area contributed by atoms with Gasteiger partial charge in [-0.2, -0.15) is 0 Å². The molecule has 21 heavy (non-hydrogen) atoms. The van der Waals surface area contributed by atoms with Crippen LogP contribution in [0.3, 0.4) is 0 Å². The van der Waals surface area contributed by atoms with E-state index in [1.54, 1.807) is 6.20 Å². The maximum Gasteiger partial charge on any atom is 0.0743 e. The number of hydrogen-bond acceptors (Lipinski definition) is 3. The minimum Gasteiger partial charge on any atom is -0.396 e. The van der Waals surface area contributed by atoms with E-state index in [9.17, 15) is 0 Å². The highest BCUT2D eigenvalue weighted by molar-refractivity contribution is 5.96. The molecule has 0 saturated carbocycles. The highest BCUT2D eigenvalue weighted by Gasteiger charge is 2.10. The number of nitrogen functional groups attached to an aromatic ring is 1. The van der Waals surface area contributed by atoms with Crippen molar-refractivity contribution in [2.24, 2.45) is 0 Å². The van der Waals surface area contributed by atoms with Crippen molar-refractivity contribution >= 4 is 22.3 Å². The molecule has 0 saturated heterocycles. The molecule has 0 radical (unpaired) electrons.